The molecule has 3 N–H and O–H groups in total. The van der Waals surface area contributed by atoms with E-state index < -0.39 is 5.97 Å². The zero-order chi connectivity index (χ0) is 20.5. The molecule has 1 aromatic carbocycles. The first-order valence-electron chi connectivity index (χ1n) is 9.32. The third kappa shape index (κ3) is 3.31. The number of benzene rings is 1. The molecule has 4 aromatic rings. The lowest BCUT2D eigenvalue weighted by Gasteiger charge is -2.11. The topological polar surface area (TPSA) is 126 Å². The summed E-state index contributed by atoms with van der Waals surface area (Å²) in [6, 6.07) is 6.73. The normalized spacial score (nSPS) is 14.9. The van der Waals surface area contributed by atoms with E-state index in [4.69, 9.17) is 9.47 Å². The minimum atomic E-state index is -1.01. The van der Waals surface area contributed by atoms with Crippen molar-refractivity contribution in [1.29, 1.82) is 0 Å². The molecule has 0 aliphatic carbocycles. The van der Waals surface area contributed by atoms with E-state index in [-0.39, 0.29) is 12.2 Å². The van der Waals surface area contributed by atoms with Crippen molar-refractivity contribution >= 4 is 29.0 Å². The van der Waals surface area contributed by atoms with Crippen molar-refractivity contribution < 1.29 is 19.4 Å². The van der Waals surface area contributed by atoms with Crippen molar-refractivity contribution in [1.82, 2.24) is 25.4 Å². The molecule has 0 saturated carbocycles. The van der Waals surface area contributed by atoms with Crippen molar-refractivity contribution in [3.05, 3.63) is 59.2 Å². The predicted octanol–water partition coefficient (Wildman–Crippen LogP) is 3.13. The summed E-state index contributed by atoms with van der Waals surface area (Å²) in [5.41, 5.74) is 4.88. The highest BCUT2D eigenvalue weighted by molar-refractivity contribution is 5.92. The Morgan fingerprint density at radius 3 is 2.93 bits per heavy atom. The molecule has 9 heteroatoms. The van der Waals surface area contributed by atoms with Gasteiger partial charge in [-0.1, -0.05) is 6.07 Å². The molecule has 0 fully saturated rings. The summed E-state index contributed by atoms with van der Waals surface area (Å²) in [6.45, 7) is 0.913. The van der Waals surface area contributed by atoms with E-state index in [0.717, 1.165) is 39.1 Å². The average Bonchev–Trinajstić information content (AvgIpc) is 3.38. The molecule has 9 nitrogen and oxygen atoms in total. The van der Waals surface area contributed by atoms with Crippen LogP contribution in [0.4, 0.5) is 0 Å². The highest BCUT2D eigenvalue weighted by atomic mass is 16.5. The van der Waals surface area contributed by atoms with Crippen LogP contribution >= 0.6 is 0 Å². The largest absolute Gasteiger partial charge is 0.491 e. The summed E-state index contributed by atoms with van der Waals surface area (Å²) in [5.74, 6) is -0.545. The number of hydrogen-bond donors (Lipinski definition) is 3. The predicted molar refractivity (Wildman–Crippen MR) is 109 cm³/mol. The number of aromatic nitrogens is 5. The molecule has 150 valence electrons. The lowest BCUT2D eigenvalue weighted by molar-refractivity contribution is 0.0695. The van der Waals surface area contributed by atoms with Crippen LogP contribution in [-0.4, -0.2) is 49.7 Å². The molecule has 2 bridgehead atoms. The van der Waals surface area contributed by atoms with Crippen molar-refractivity contribution in [2.75, 3.05) is 13.2 Å². The first kappa shape index (κ1) is 18.1. The Balaban J connectivity index is 1.62. The van der Waals surface area contributed by atoms with E-state index >= 15 is 0 Å². The maximum atomic E-state index is 11.3. The lowest BCUT2D eigenvalue weighted by Crippen LogP contribution is -2.08. The first-order valence-corrected chi connectivity index (χ1v) is 9.32. The van der Waals surface area contributed by atoms with Crippen molar-refractivity contribution in [2.24, 2.45) is 0 Å². The van der Waals surface area contributed by atoms with Crippen LogP contribution < -0.4 is 4.74 Å². The molecule has 0 spiro atoms. The molecule has 1 aliphatic heterocycles. The van der Waals surface area contributed by atoms with Crippen LogP contribution in [0.15, 0.2) is 36.7 Å². The third-order valence-electron chi connectivity index (χ3n) is 4.88. The lowest BCUT2D eigenvalue weighted by atomic mass is 10.1. The number of ether oxygens (including phenoxy) is 2. The summed E-state index contributed by atoms with van der Waals surface area (Å²) in [4.78, 5) is 15.9. The summed E-state index contributed by atoms with van der Waals surface area (Å²) in [6.07, 6.45) is 7.17. The van der Waals surface area contributed by atoms with Gasteiger partial charge in [0.2, 0.25) is 0 Å². The van der Waals surface area contributed by atoms with E-state index in [0.29, 0.717) is 19.0 Å². The number of pyridine rings is 1. The smallest absolute Gasteiger partial charge is 0.335 e. The van der Waals surface area contributed by atoms with Crippen LogP contribution in [0, 0.1) is 0 Å². The fourth-order valence-corrected chi connectivity index (χ4v) is 3.34. The third-order valence-corrected chi connectivity index (χ3v) is 4.88. The molecule has 0 unspecified atom stereocenters. The molecular weight excluding hydrogens is 386 g/mol. The number of hydrogen-bond acceptors (Lipinski definition) is 6. The van der Waals surface area contributed by atoms with Crippen LogP contribution in [0.5, 0.6) is 5.75 Å². The number of carbonyl (C=O) groups is 1. The number of aromatic amines is 2. The molecule has 1 aliphatic rings. The van der Waals surface area contributed by atoms with Gasteiger partial charge in [0.1, 0.15) is 12.4 Å². The monoisotopic (exact) mass is 403 g/mol. The quantitative estimate of drug-likeness (QED) is 0.446. The molecule has 30 heavy (non-hydrogen) atoms. The second-order valence-corrected chi connectivity index (χ2v) is 6.78. The van der Waals surface area contributed by atoms with Gasteiger partial charge < -0.3 is 14.6 Å². The molecule has 0 amide bonds. The molecule has 5 rings (SSSR count). The van der Waals surface area contributed by atoms with Crippen LogP contribution in [0.1, 0.15) is 27.3 Å². The van der Waals surface area contributed by atoms with Gasteiger partial charge in [-0.05, 0) is 30.4 Å². The Hall–Kier alpha value is -3.98. The Morgan fingerprint density at radius 1 is 1.10 bits per heavy atom. The number of nitrogens with one attached hydrogen (secondary N) is 2. The number of nitrogens with zero attached hydrogens (tertiary/aromatic N) is 3. The Bertz CT molecular complexity index is 1270. The van der Waals surface area contributed by atoms with Crippen LogP contribution in [-0.2, 0) is 11.3 Å². The van der Waals surface area contributed by atoms with Crippen molar-refractivity contribution in [2.45, 2.75) is 6.61 Å². The number of carboxylic acid groups (broad SMARTS) is 1. The van der Waals surface area contributed by atoms with E-state index in [9.17, 15) is 9.90 Å². The maximum absolute atomic E-state index is 11.3. The van der Waals surface area contributed by atoms with Gasteiger partial charge >= 0.3 is 5.97 Å². The Labute approximate surface area is 170 Å². The van der Waals surface area contributed by atoms with Gasteiger partial charge in [-0.2, -0.15) is 10.2 Å². The van der Waals surface area contributed by atoms with Crippen LogP contribution in [0.25, 0.3) is 34.3 Å². The van der Waals surface area contributed by atoms with Gasteiger partial charge in [0, 0.05) is 16.5 Å². The van der Waals surface area contributed by atoms with E-state index in [2.05, 4.69) is 25.4 Å². The number of carboxylic acids is 1. The maximum Gasteiger partial charge on any atom is 0.335 e. The molecule has 4 heterocycles. The number of H-pyrrole nitrogens is 2. The van der Waals surface area contributed by atoms with Gasteiger partial charge in [0.25, 0.3) is 0 Å². The standard InChI is InChI=1S/C21H17N5O4/c27-21(28)13-2-1-12-3-4-16-14-8-17(22-10-18(14)26-25-16)15-9-23-24-19(15)11-29-5-6-30-20(12)7-13/h1-4,7-10H,5-6,11H2,(H,23,24)(H,25,26)(H,27,28)/b4-3+. The fourth-order valence-electron chi connectivity index (χ4n) is 3.34. The summed E-state index contributed by atoms with van der Waals surface area (Å²) < 4.78 is 11.5. The van der Waals surface area contributed by atoms with Crippen molar-refractivity contribution in [3.63, 3.8) is 0 Å². The highest BCUT2D eigenvalue weighted by Gasteiger charge is 2.14. The van der Waals surface area contributed by atoms with Crippen LogP contribution in [0.2, 0.25) is 0 Å². The van der Waals surface area contributed by atoms with Gasteiger partial charge in [-0.25, -0.2) is 4.79 Å². The van der Waals surface area contributed by atoms with Gasteiger partial charge in [-0.3, -0.25) is 15.2 Å². The number of fused-ring (bicyclic) bond motifs is 4. The molecule has 0 radical (unpaired) electrons. The summed E-state index contributed by atoms with van der Waals surface area (Å²) in [5, 5.41) is 24.6. The van der Waals surface area contributed by atoms with E-state index in [1.54, 1.807) is 24.5 Å². The molecule has 0 atom stereocenters. The molecule has 3 aromatic heterocycles. The van der Waals surface area contributed by atoms with E-state index in [1.807, 2.05) is 18.2 Å². The van der Waals surface area contributed by atoms with E-state index in [1.165, 1.54) is 6.07 Å². The fraction of sp³-hybridized carbons (Fsp3) is 0.143. The highest BCUT2D eigenvalue weighted by Crippen LogP contribution is 2.28. The second kappa shape index (κ2) is 7.45. The zero-order valence-electron chi connectivity index (χ0n) is 15.8. The molecule has 0 saturated heterocycles. The molecular formula is C21H17N5O4. The van der Waals surface area contributed by atoms with Crippen molar-refractivity contribution in [3.8, 4) is 17.0 Å². The minimum absolute atomic E-state index is 0.157. The Morgan fingerprint density at radius 2 is 2.03 bits per heavy atom. The number of aromatic carboxylic acids is 1. The summed E-state index contributed by atoms with van der Waals surface area (Å²) >= 11 is 0. The zero-order valence-corrected chi connectivity index (χ0v) is 15.8. The van der Waals surface area contributed by atoms with Gasteiger partial charge in [0.05, 0.1) is 53.8 Å². The van der Waals surface area contributed by atoms with Gasteiger partial charge in [-0.15, -0.1) is 0 Å². The van der Waals surface area contributed by atoms with Crippen LogP contribution in [0.3, 0.4) is 0 Å². The second-order valence-electron chi connectivity index (χ2n) is 6.78. The van der Waals surface area contributed by atoms with Gasteiger partial charge in [0.15, 0.2) is 0 Å². The first-order chi connectivity index (χ1) is 14.7. The Kier molecular flexibility index (Phi) is 4.49. The minimum Gasteiger partial charge on any atom is -0.491 e. The SMILES string of the molecule is O=C(O)c1ccc2c(c1)OCCOCc1[nH]ncc1-c1cc3c(n[nH]c3cn1)/C=C/2. The summed E-state index contributed by atoms with van der Waals surface area (Å²) in [7, 11) is 0. The number of rotatable bonds is 1. The average molecular weight is 403 g/mol.